The molecule has 2 aliphatic rings. The van der Waals surface area contributed by atoms with Gasteiger partial charge in [0, 0.05) is 18.9 Å². The quantitative estimate of drug-likeness (QED) is 0.200. The van der Waals surface area contributed by atoms with Crippen molar-refractivity contribution in [3.8, 4) is 0 Å². The zero-order chi connectivity index (χ0) is 31.7. The van der Waals surface area contributed by atoms with E-state index in [2.05, 4.69) is 25.9 Å². The lowest BCUT2D eigenvalue weighted by Crippen LogP contribution is -2.66. The highest BCUT2D eigenvalue weighted by atomic mass is 19.1. The molecule has 1 aliphatic carbocycles. The molecule has 3 rings (SSSR count). The predicted octanol–water partition coefficient (Wildman–Crippen LogP) is 0.794. The lowest BCUT2D eigenvalue weighted by atomic mass is 9.81. The fraction of sp³-hybridized carbons (Fsp3) is 0.655. The van der Waals surface area contributed by atoms with E-state index in [0.29, 0.717) is 6.42 Å². The van der Waals surface area contributed by atoms with Crippen molar-refractivity contribution in [1.29, 1.82) is 0 Å². The normalized spacial score (nSPS) is 19.2. The summed E-state index contributed by atoms with van der Waals surface area (Å²) in [4.78, 5) is 87.0. The van der Waals surface area contributed by atoms with Crippen LogP contribution in [0.1, 0.15) is 83.1 Å². The Hall–Kier alpha value is -3.97. The van der Waals surface area contributed by atoms with E-state index in [1.807, 2.05) is 0 Å². The molecule has 1 saturated carbocycles. The van der Waals surface area contributed by atoms with Crippen molar-refractivity contribution in [2.75, 3.05) is 13.3 Å². The number of carbonyl (C=O) groups is 6. The third kappa shape index (κ3) is 8.54. The van der Waals surface area contributed by atoms with Gasteiger partial charge in [0.05, 0.1) is 12.2 Å². The van der Waals surface area contributed by atoms with E-state index in [4.69, 9.17) is 0 Å². The standard InChI is InChI=1S/C29H42FN7O6/c1-5-18(22(38)27(42)33-16-30)34-25(40)20-11-14-37(20)28(43)23(29(2,3)4)36-26(41)21(17-9-7-6-8-10-17)35-24(39)19-15-31-12-13-32-19/h12-13,15,17-18,20-21,23H,5-11,14,16H2,1-4H3,(H,33,42)(H,34,40)(H,35,39)(H,36,41)/t18?,20?,21-,23+/m0/s1. The molecule has 2 unspecified atom stereocenters. The second kappa shape index (κ2) is 15.0. The molecule has 1 aromatic heterocycles. The number of hydrogen-bond acceptors (Lipinski definition) is 8. The molecule has 236 valence electrons. The Labute approximate surface area is 250 Å². The van der Waals surface area contributed by atoms with Gasteiger partial charge >= 0.3 is 0 Å². The molecule has 0 bridgehead atoms. The van der Waals surface area contributed by atoms with E-state index in [9.17, 15) is 33.2 Å². The number of nitrogens with zero attached hydrogens (tertiary/aromatic N) is 3. The van der Waals surface area contributed by atoms with Gasteiger partial charge in [0.1, 0.15) is 23.8 Å². The van der Waals surface area contributed by atoms with E-state index in [0.717, 1.165) is 32.1 Å². The summed E-state index contributed by atoms with van der Waals surface area (Å²) in [5.74, 6) is -4.42. The second-order valence-corrected chi connectivity index (χ2v) is 12.1. The molecule has 1 aromatic rings. The van der Waals surface area contributed by atoms with Crippen LogP contribution in [0.25, 0.3) is 0 Å². The number of likely N-dealkylation sites (tertiary alicyclic amines) is 1. The van der Waals surface area contributed by atoms with Gasteiger partial charge in [-0.05, 0) is 37.0 Å². The molecular formula is C29H42FN7O6. The fourth-order valence-electron chi connectivity index (χ4n) is 5.39. The molecule has 5 amide bonds. The van der Waals surface area contributed by atoms with Gasteiger partial charge in [0.25, 0.3) is 11.8 Å². The Morgan fingerprint density at radius 2 is 1.70 bits per heavy atom. The summed E-state index contributed by atoms with van der Waals surface area (Å²) in [6.07, 6.45) is 8.89. The minimum absolute atomic E-state index is 0.0695. The van der Waals surface area contributed by atoms with Gasteiger partial charge in [0.15, 0.2) is 6.80 Å². The zero-order valence-electron chi connectivity index (χ0n) is 25.2. The largest absolute Gasteiger partial charge is 0.344 e. The molecule has 4 N–H and O–H groups in total. The molecular weight excluding hydrogens is 561 g/mol. The van der Waals surface area contributed by atoms with Gasteiger partial charge < -0.3 is 26.2 Å². The van der Waals surface area contributed by atoms with E-state index in [-0.39, 0.29) is 24.6 Å². The van der Waals surface area contributed by atoms with Gasteiger partial charge in [-0.25, -0.2) is 9.37 Å². The highest BCUT2D eigenvalue weighted by Crippen LogP contribution is 2.29. The van der Waals surface area contributed by atoms with Crippen molar-refractivity contribution in [3.63, 3.8) is 0 Å². The first-order valence-electron chi connectivity index (χ1n) is 14.7. The number of carbonyl (C=O) groups excluding carboxylic acids is 6. The first-order valence-corrected chi connectivity index (χ1v) is 14.7. The molecule has 2 fully saturated rings. The molecule has 43 heavy (non-hydrogen) atoms. The monoisotopic (exact) mass is 603 g/mol. The van der Waals surface area contributed by atoms with E-state index in [1.165, 1.54) is 23.5 Å². The zero-order valence-corrected chi connectivity index (χ0v) is 25.2. The third-order valence-electron chi connectivity index (χ3n) is 7.98. The van der Waals surface area contributed by atoms with Crippen molar-refractivity contribution in [2.45, 2.75) is 96.8 Å². The average molecular weight is 604 g/mol. The minimum atomic E-state index is -1.22. The van der Waals surface area contributed by atoms with Crippen LogP contribution < -0.4 is 21.3 Å². The van der Waals surface area contributed by atoms with E-state index >= 15 is 0 Å². The maximum absolute atomic E-state index is 13.8. The Kier molecular flexibility index (Phi) is 11.7. The lowest BCUT2D eigenvalue weighted by molar-refractivity contribution is -0.153. The second-order valence-electron chi connectivity index (χ2n) is 12.1. The predicted molar refractivity (Wildman–Crippen MR) is 153 cm³/mol. The van der Waals surface area contributed by atoms with Crippen LogP contribution in [0.5, 0.6) is 0 Å². The Balaban J connectivity index is 1.75. The van der Waals surface area contributed by atoms with Crippen molar-refractivity contribution in [3.05, 3.63) is 24.3 Å². The molecule has 2 heterocycles. The van der Waals surface area contributed by atoms with Crippen LogP contribution in [0.2, 0.25) is 0 Å². The Bertz CT molecular complexity index is 1190. The number of amides is 5. The van der Waals surface area contributed by atoms with Crippen LogP contribution in [0.3, 0.4) is 0 Å². The topological polar surface area (TPSA) is 180 Å². The van der Waals surface area contributed by atoms with Gasteiger partial charge in [0.2, 0.25) is 23.5 Å². The minimum Gasteiger partial charge on any atom is -0.344 e. The molecule has 0 radical (unpaired) electrons. The van der Waals surface area contributed by atoms with Crippen LogP contribution in [0.4, 0.5) is 4.39 Å². The van der Waals surface area contributed by atoms with E-state index < -0.39 is 71.7 Å². The molecule has 13 nitrogen and oxygen atoms in total. The third-order valence-corrected chi connectivity index (χ3v) is 7.98. The maximum atomic E-state index is 13.8. The molecule has 1 saturated heterocycles. The molecule has 14 heteroatoms. The Morgan fingerprint density at radius 1 is 1.00 bits per heavy atom. The molecule has 0 spiro atoms. The number of aromatic nitrogens is 2. The summed E-state index contributed by atoms with van der Waals surface area (Å²) in [5.41, 5.74) is -0.693. The van der Waals surface area contributed by atoms with Crippen molar-refractivity contribution in [1.82, 2.24) is 36.1 Å². The SMILES string of the molecule is CCC(NC(=O)C1CCN1C(=O)[C@@H](NC(=O)[C@@H](NC(=O)c1cnccn1)C1CCCCC1)C(C)(C)C)C(=O)C(=O)NCF. The maximum Gasteiger partial charge on any atom is 0.291 e. The van der Waals surface area contributed by atoms with Crippen LogP contribution in [0.15, 0.2) is 18.6 Å². The van der Waals surface area contributed by atoms with Gasteiger partial charge in [-0.15, -0.1) is 0 Å². The van der Waals surface area contributed by atoms with Crippen molar-refractivity contribution < 1.29 is 33.2 Å². The van der Waals surface area contributed by atoms with Crippen LogP contribution >= 0.6 is 0 Å². The number of ketones is 1. The number of alkyl halides is 1. The fourth-order valence-corrected chi connectivity index (χ4v) is 5.39. The smallest absolute Gasteiger partial charge is 0.291 e. The number of hydrogen-bond donors (Lipinski definition) is 4. The summed E-state index contributed by atoms with van der Waals surface area (Å²) in [5, 5.41) is 9.95. The number of rotatable bonds is 12. The number of Topliss-reactive ketones (excluding diaryl/α,β-unsaturated/α-hetero) is 1. The number of nitrogens with one attached hydrogen (secondary N) is 4. The summed E-state index contributed by atoms with van der Waals surface area (Å²) in [7, 11) is 0. The molecule has 1 aliphatic heterocycles. The average Bonchev–Trinajstić information content (AvgIpc) is 2.96. The van der Waals surface area contributed by atoms with Crippen LogP contribution in [-0.2, 0) is 24.0 Å². The van der Waals surface area contributed by atoms with Gasteiger partial charge in [-0.2, -0.15) is 0 Å². The first-order chi connectivity index (χ1) is 20.4. The van der Waals surface area contributed by atoms with Crippen molar-refractivity contribution in [2.24, 2.45) is 11.3 Å². The first kappa shape index (κ1) is 33.5. The molecule has 0 aromatic carbocycles. The van der Waals surface area contributed by atoms with Gasteiger partial charge in [-0.1, -0.05) is 47.0 Å². The molecule has 4 atom stereocenters. The van der Waals surface area contributed by atoms with Gasteiger partial charge in [-0.3, -0.25) is 33.8 Å². The lowest BCUT2D eigenvalue weighted by Gasteiger charge is -2.44. The highest BCUT2D eigenvalue weighted by molar-refractivity contribution is 6.38. The van der Waals surface area contributed by atoms with E-state index in [1.54, 1.807) is 33.0 Å². The number of halogens is 1. The summed E-state index contributed by atoms with van der Waals surface area (Å²) in [6.45, 7) is 5.98. The summed E-state index contributed by atoms with van der Waals surface area (Å²) >= 11 is 0. The summed E-state index contributed by atoms with van der Waals surface area (Å²) < 4.78 is 12.5. The van der Waals surface area contributed by atoms with Crippen LogP contribution in [0, 0.1) is 11.3 Å². The van der Waals surface area contributed by atoms with Crippen LogP contribution in [-0.4, -0.2) is 87.7 Å². The highest BCUT2D eigenvalue weighted by Gasteiger charge is 2.46. The summed E-state index contributed by atoms with van der Waals surface area (Å²) in [6, 6.07) is -4.03. The Morgan fingerprint density at radius 3 is 2.23 bits per heavy atom. The van der Waals surface area contributed by atoms with Crippen molar-refractivity contribution >= 4 is 35.3 Å².